The van der Waals surface area contributed by atoms with E-state index < -0.39 is 17.5 Å². The lowest BCUT2D eigenvalue weighted by atomic mass is 10.3. The predicted octanol–water partition coefficient (Wildman–Crippen LogP) is 3.33. The van der Waals surface area contributed by atoms with Crippen molar-refractivity contribution in [3.63, 3.8) is 0 Å². The van der Waals surface area contributed by atoms with Crippen LogP contribution in [0.3, 0.4) is 0 Å². The van der Waals surface area contributed by atoms with Crippen LogP contribution in [0.1, 0.15) is 0 Å². The Morgan fingerprint density at radius 3 is 2.67 bits per heavy atom. The summed E-state index contributed by atoms with van der Waals surface area (Å²) in [6.45, 7) is -0.342. The van der Waals surface area contributed by atoms with Crippen LogP contribution in [0.5, 0.6) is 5.75 Å². The van der Waals surface area contributed by atoms with Gasteiger partial charge in [0.15, 0.2) is 12.4 Å². The Labute approximate surface area is 128 Å². The van der Waals surface area contributed by atoms with E-state index in [1.165, 1.54) is 24.3 Å². The van der Waals surface area contributed by atoms with Gasteiger partial charge in [0.2, 0.25) is 0 Å². The molecule has 1 amide bonds. The lowest BCUT2D eigenvalue weighted by Gasteiger charge is -2.11. The van der Waals surface area contributed by atoms with E-state index in [0.717, 1.165) is 6.07 Å². The van der Waals surface area contributed by atoms with Crippen LogP contribution in [-0.2, 0) is 4.79 Å². The number of amides is 1. The first-order chi connectivity index (χ1) is 9.95. The number of benzene rings is 2. The smallest absolute Gasteiger partial charge is 0.262 e. The summed E-state index contributed by atoms with van der Waals surface area (Å²) in [4.78, 5) is 11.7. The Hall–Kier alpha value is -2.15. The average molecular weight is 357 g/mol. The number of halogens is 3. The van der Waals surface area contributed by atoms with Gasteiger partial charge in [-0.15, -0.1) is 0 Å². The third kappa shape index (κ3) is 4.16. The number of nitrogen functional groups attached to an aromatic ring is 1. The van der Waals surface area contributed by atoms with Crippen LogP contribution in [0.2, 0.25) is 0 Å². The maximum absolute atomic E-state index is 13.1. The molecule has 0 aromatic heterocycles. The average Bonchev–Trinajstić information content (AvgIpc) is 2.37. The Bertz CT molecular complexity index is 657. The molecule has 0 spiro atoms. The molecule has 0 unspecified atom stereocenters. The largest absolute Gasteiger partial charge is 0.480 e. The van der Waals surface area contributed by atoms with E-state index in [-0.39, 0.29) is 18.0 Å². The summed E-state index contributed by atoms with van der Waals surface area (Å²) in [6, 6.07) is 7.73. The number of anilines is 2. The number of hydrogen-bond acceptors (Lipinski definition) is 3. The Kier molecular flexibility index (Phi) is 4.74. The first-order valence-corrected chi connectivity index (χ1v) is 6.68. The van der Waals surface area contributed by atoms with E-state index in [9.17, 15) is 13.6 Å². The second-order valence-electron chi connectivity index (χ2n) is 4.15. The minimum absolute atomic E-state index is 0.0698. The SMILES string of the molecule is Nc1cc(F)cc(Br)c1OCC(=O)Nc1cccc(F)c1. The van der Waals surface area contributed by atoms with Gasteiger partial charge in [-0.2, -0.15) is 0 Å². The molecule has 2 aromatic rings. The molecular formula is C14H11BrF2N2O2. The lowest BCUT2D eigenvalue weighted by Crippen LogP contribution is -2.20. The van der Waals surface area contributed by atoms with Crippen molar-refractivity contribution in [2.75, 3.05) is 17.7 Å². The molecule has 0 aliphatic rings. The summed E-state index contributed by atoms with van der Waals surface area (Å²) in [6.07, 6.45) is 0. The Balaban J connectivity index is 1.99. The molecule has 2 rings (SSSR count). The summed E-state index contributed by atoms with van der Waals surface area (Å²) in [7, 11) is 0. The quantitative estimate of drug-likeness (QED) is 0.825. The molecule has 110 valence electrons. The number of hydrogen-bond donors (Lipinski definition) is 2. The molecular weight excluding hydrogens is 346 g/mol. The third-order valence-electron chi connectivity index (χ3n) is 2.49. The van der Waals surface area contributed by atoms with E-state index >= 15 is 0 Å². The van der Waals surface area contributed by atoms with Crippen LogP contribution < -0.4 is 15.8 Å². The molecule has 21 heavy (non-hydrogen) atoms. The number of nitrogens with one attached hydrogen (secondary N) is 1. The maximum atomic E-state index is 13.1. The molecule has 0 radical (unpaired) electrons. The summed E-state index contributed by atoms with van der Waals surface area (Å²) in [5, 5.41) is 2.47. The molecule has 0 heterocycles. The summed E-state index contributed by atoms with van der Waals surface area (Å²) in [5.41, 5.74) is 5.99. The first-order valence-electron chi connectivity index (χ1n) is 5.88. The molecule has 0 fully saturated rings. The van der Waals surface area contributed by atoms with E-state index in [0.29, 0.717) is 10.2 Å². The van der Waals surface area contributed by atoms with Crippen molar-refractivity contribution in [2.24, 2.45) is 0 Å². The summed E-state index contributed by atoms with van der Waals surface area (Å²) >= 11 is 3.10. The molecule has 0 saturated carbocycles. The lowest BCUT2D eigenvalue weighted by molar-refractivity contribution is -0.118. The van der Waals surface area contributed by atoms with E-state index in [2.05, 4.69) is 21.2 Å². The standard InChI is InChI=1S/C14H11BrF2N2O2/c15-11-5-9(17)6-12(18)14(11)21-7-13(20)19-10-3-1-2-8(16)4-10/h1-6H,7,18H2,(H,19,20). The molecule has 7 heteroatoms. The molecule has 0 aliphatic carbocycles. The zero-order valence-corrected chi connectivity index (χ0v) is 12.3. The number of carbonyl (C=O) groups excluding carboxylic acids is 1. The highest BCUT2D eigenvalue weighted by atomic mass is 79.9. The van der Waals surface area contributed by atoms with Gasteiger partial charge in [0.1, 0.15) is 11.6 Å². The molecule has 0 saturated heterocycles. The first kappa shape index (κ1) is 15.2. The van der Waals surface area contributed by atoms with Gasteiger partial charge in [-0.05, 0) is 40.2 Å². The topological polar surface area (TPSA) is 64.3 Å². The Morgan fingerprint density at radius 1 is 1.24 bits per heavy atom. The normalized spacial score (nSPS) is 10.2. The Morgan fingerprint density at radius 2 is 2.00 bits per heavy atom. The highest BCUT2D eigenvalue weighted by Gasteiger charge is 2.11. The summed E-state index contributed by atoms with van der Waals surface area (Å²) < 4.78 is 31.6. The third-order valence-corrected chi connectivity index (χ3v) is 3.08. The number of nitrogens with two attached hydrogens (primary N) is 1. The van der Waals surface area contributed by atoms with Gasteiger partial charge in [0, 0.05) is 11.8 Å². The second-order valence-corrected chi connectivity index (χ2v) is 5.01. The number of carbonyl (C=O) groups is 1. The van der Waals surface area contributed by atoms with Crippen LogP contribution in [0.15, 0.2) is 40.9 Å². The van der Waals surface area contributed by atoms with Crippen molar-refractivity contribution in [1.82, 2.24) is 0 Å². The van der Waals surface area contributed by atoms with Crippen molar-refractivity contribution < 1.29 is 18.3 Å². The van der Waals surface area contributed by atoms with Gasteiger partial charge >= 0.3 is 0 Å². The maximum Gasteiger partial charge on any atom is 0.262 e. The van der Waals surface area contributed by atoms with Gasteiger partial charge in [-0.25, -0.2) is 8.78 Å². The zero-order chi connectivity index (χ0) is 15.4. The minimum Gasteiger partial charge on any atom is -0.480 e. The monoisotopic (exact) mass is 356 g/mol. The van der Waals surface area contributed by atoms with Crippen LogP contribution in [0, 0.1) is 11.6 Å². The highest BCUT2D eigenvalue weighted by molar-refractivity contribution is 9.10. The molecule has 0 atom stereocenters. The number of rotatable bonds is 4. The van der Waals surface area contributed by atoms with Gasteiger partial charge in [-0.1, -0.05) is 6.07 Å². The minimum atomic E-state index is -0.518. The van der Waals surface area contributed by atoms with E-state index in [1.807, 2.05) is 0 Å². The van der Waals surface area contributed by atoms with Gasteiger partial charge in [0.25, 0.3) is 5.91 Å². The van der Waals surface area contributed by atoms with Crippen molar-refractivity contribution in [3.8, 4) is 5.75 Å². The number of ether oxygens (including phenoxy) is 1. The predicted molar refractivity (Wildman–Crippen MR) is 79.0 cm³/mol. The van der Waals surface area contributed by atoms with Crippen molar-refractivity contribution in [2.45, 2.75) is 0 Å². The fourth-order valence-electron chi connectivity index (χ4n) is 1.63. The van der Waals surface area contributed by atoms with Gasteiger partial charge in [-0.3, -0.25) is 4.79 Å². The molecule has 0 aliphatic heterocycles. The van der Waals surface area contributed by atoms with Crippen LogP contribution in [-0.4, -0.2) is 12.5 Å². The molecule has 4 nitrogen and oxygen atoms in total. The summed E-state index contributed by atoms with van der Waals surface area (Å²) in [5.74, 6) is -1.29. The molecule has 2 aromatic carbocycles. The van der Waals surface area contributed by atoms with Gasteiger partial charge < -0.3 is 15.8 Å². The van der Waals surface area contributed by atoms with Crippen LogP contribution in [0.4, 0.5) is 20.2 Å². The highest BCUT2D eigenvalue weighted by Crippen LogP contribution is 2.32. The van der Waals surface area contributed by atoms with Crippen LogP contribution in [0.25, 0.3) is 0 Å². The van der Waals surface area contributed by atoms with Gasteiger partial charge in [0.05, 0.1) is 10.2 Å². The van der Waals surface area contributed by atoms with E-state index in [4.69, 9.17) is 10.5 Å². The molecule has 3 N–H and O–H groups in total. The fourth-order valence-corrected chi connectivity index (χ4v) is 2.20. The second kappa shape index (κ2) is 6.53. The van der Waals surface area contributed by atoms with E-state index in [1.54, 1.807) is 6.07 Å². The van der Waals surface area contributed by atoms with Crippen molar-refractivity contribution in [3.05, 3.63) is 52.5 Å². The van der Waals surface area contributed by atoms with Crippen molar-refractivity contribution in [1.29, 1.82) is 0 Å². The fraction of sp³-hybridized carbons (Fsp3) is 0.0714. The van der Waals surface area contributed by atoms with Crippen LogP contribution >= 0.6 is 15.9 Å². The van der Waals surface area contributed by atoms with Crippen molar-refractivity contribution >= 4 is 33.2 Å². The molecule has 0 bridgehead atoms. The zero-order valence-electron chi connectivity index (χ0n) is 10.7.